The highest BCUT2D eigenvalue weighted by Crippen LogP contribution is 2.25. The Morgan fingerprint density at radius 1 is 1.16 bits per heavy atom. The summed E-state index contributed by atoms with van der Waals surface area (Å²) in [6.45, 7) is 4.47. The summed E-state index contributed by atoms with van der Waals surface area (Å²) in [7, 11) is 0. The topological polar surface area (TPSA) is 106 Å². The molecule has 2 N–H and O–H groups in total. The summed E-state index contributed by atoms with van der Waals surface area (Å²) in [5.74, 6) is -1.24. The predicted molar refractivity (Wildman–Crippen MR) is 126 cm³/mol. The number of carbonyl (C=O) groups excluding carboxylic acids is 1. The van der Waals surface area contributed by atoms with Crippen molar-refractivity contribution in [1.82, 2.24) is 20.1 Å². The summed E-state index contributed by atoms with van der Waals surface area (Å²) >= 11 is 13.5. The fraction of sp³-hybridized carbons (Fsp3) is 0.524. The maximum absolute atomic E-state index is 10.7. The number of carboxylic acids is 1. The number of aromatic nitrogens is 3. The van der Waals surface area contributed by atoms with Gasteiger partial charge in [0.1, 0.15) is 5.82 Å². The third kappa shape index (κ3) is 9.36. The molecule has 2 aromatic rings. The maximum atomic E-state index is 10.7. The fourth-order valence-electron chi connectivity index (χ4n) is 2.86. The van der Waals surface area contributed by atoms with Crippen LogP contribution in [-0.2, 0) is 14.3 Å². The first-order chi connectivity index (χ1) is 15.4. The SMILES string of the molecule is C1CCNCC1.Cc1nc(SCCCCCOC(=O)C(=O)O)nn1-c1ccc(Cl)c(Cl)c1. The molecule has 0 unspecified atom stereocenters. The van der Waals surface area contributed by atoms with Crippen molar-refractivity contribution in [2.24, 2.45) is 0 Å². The predicted octanol–water partition coefficient (Wildman–Crippen LogP) is 4.53. The Bertz CT molecular complexity index is 879. The van der Waals surface area contributed by atoms with Crippen molar-refractivity contribution < 1.29 is 19.4 Å². The van der Waals surface area contributed by atoms with E-state index in [0.717, 1.165) is 30.1 Å². The molecule has 0 saturated carbocycles. The number of halogens is 2. The van der Waals surface area contributed by atoms with Gasteiger partial charge in [-0.3, -0.25) is 0 Å². The van der Waals surface area contributed by atoms with E-state index in [4.69, 9.17) is 28.3 Å². The number of piperidine rings is 1. The number of benzene rings is 1. The van der Waals surface area contributed by atoms with Gasteiger partial charge in [0.25, 0.3) is 0 Å². The maximum Gasteiger partial charge on any atom is 0.417 e. The zero-order valence-electron chi connectivity index (χ0n) is 18.0. The van der Waals surface area contributed by atoms with Crippen LogP contribution in [0, 0.1) is 6.92 Å². The number of hydrogen-bond donors (Lipinski definition) is 2. The molecular weight excluding hydrogens is 475 g/mol. The van der Waals surface area contributed by atoms with Gasteiger partial charge >= 0.3 is 11.9 Å². The second kappa shape index (κ2) is 14.4. The minimum atomic E-state index is -1.57. The van der Waals surface area contributed by atoms with Crippen molar-refractivity contribution in [3.05, 3.63) is 34.1 Å². The van der Waals surface area contributed by atoms with Crippen molar-refractivity contribution in [2.45, 2.75) is 50.6 Å². The number of carboxylic acid groups (broad SMARTS) is 1. The monoisotopic (exact) mass is 502 g/mol. The number of nitrogens with one attached hydrogen (secondary N) is 1. The Morgan fingerprint density at radius 3 is 2.50 bits per heavy atom. The fourth-order valence-corrected chi connectivity index (χ4v) is 4.02. The number of aryl methyl sites for hydroxylation is 1. The Hall–Kier alpha value is -1.81. The van der Waals surface area contributed by atoms with Crippen LogP contribution in [0.15, 0.2) is 23.4 Å². The number of carbonyl (C=O) groups is 2. The van der Waals surface area contributed by atoms with Gasteiger partial charge in [-0.15, -0.1) is 5.10 Å². The molecule has 0 radical (unpaired) electrons. The highest BCUT2D eigenvalue weighted by Gasteiger charge is 2.12. The van der Waals surface area contributed by atoms with E-state index >= 15 is 0 Å². The number of hydrogen-bond acceptors (Lipinski definition) is 7. The lowest BCUT2D eigenvalue weighted by atomic mass is 10.2. The van der Waals surface area contributed by atoms with Gasteiger partial charge in [0, 0.05) is 5.75 Å². The van der Waals surface area contributed by atoms with E-state index in [0.29, 0.717) is 21.6 Å². The van der Waals surface area contributed by atoms with Crippen LogP contribution in [0.2, 0.25) is 10.0 Å². The van der Waals surface area contributed by atoms with E-state index in [9.17, 15) is 9.59 Å². The summed E-state index contributed by atoms with van der Waals surface area (Å²) in [6, 6.07) is 5.27. The summed E-state index contributed by atoms with van der Waals surface area (Å²) in [5.41, 5.74) is 0.788. The van der Waals surface area contributed by atoms with Crippen molar-refractivity contribution in [2.75, 3.05) is 25.4 Å². The van der Waals surface area contributed by atoms with Gasteiger partial charge in [-0.2, -0.15) is 0 Å². The van der Waals surface area contributed by atoms with Gasteiger partial charge in [0.15, 0.2) is 0 Å². The Labute approximate surface area is 202 Å². The van der Waals surface area contributed by atoms with Crippen molar-refractivity contribution in [1.29, 1.82) is 0 Å². The lowest BCUT2D eigenvalue weighted by molar-refractivity contribution is -0.163. The summed E-state index contributed by atoms with van der Waals surface area (Å²) in [6.07, 6.45) is 6.51. The minimum Gasteiger partial charge on any atom is -0.473 e. The molecule has 1 aromatic carbocycles. The molecule has 1 aliphatic rings. The number of thioether (sulfide) groups is 1. The molecule has 176 valence electrons. The number of esters is 1. The van der Waals surface area contributed by atoms with Gasteiger partial charge in [0.05, 0.1) is 22.3 Å². The van der Waals surface area contributed by atoms with Crippen LogP contribution < -0.4 is 5.32 Å². The van der Waals surface area contributed by atoms with E-state index in [-0.39, 0.29) is 6.61 Å². The molecule has 1 aliphatic heterocycles. The number of nitrogens with zero attached hydrogens (tertiary/aromatic N) is 3. The van der Waals surface area contributed by atoms with Gasteiger partial charge in [0.2, 0.25) is 5.16 Å². The molecule has 11 heteroatoms. The van der Waals surface area contributed by atoms with Crippen LogP contribution in [0.1, 0.15) is 44.3 Å². The third-order valence-corrected chi connectivity index (χ3v) is 6.19. The minimum absolute atomic E-state index is 0.110. The van der Waals surface area contributed by atoms with Crippen LogP contribution >= 0.6 is 35.0 Å². The van der Waals surface area contributed by atoms with Gasteiger partial charge in [-0.1, -0.05) is 41.4 Å². The van der Waals surface area contributed by atoms with Crippen LogP contribution in [0.3, 0.4) is 0 Å². The normalized spacial score (nSPS) is 13.2. The lowest BCUT2D eigenvalue weighted by Crippen LogP contribution is -2.21. The highest BCUT2D eigenvalue weighted by molar-refractivity contribution is 7.99. The molecule has 1 fully saturated rings. The van der Waals surface area contributed by atoms with E-state index in [1.54, 1.807) is 16.8 Å². The molecule has 3 rings (SSSR count). The van der Waals surface area contributed by atoms with E-state index in [1.165, 1.54) is 44.1 Å². The number of aliphatic carboxylic acids is 1. The Balaban J connectivity index is 0.000000520. The molecular formula is C21H28Cl2N4O4S. The van der Waals surface area contributed by atoms with Crippen molar-refractivity contribution >= 4 is 46.9 Å². The molecule has 8 nitrogen and oxygen atoms in total. The highest BCUT2D eigenvalue weighted by atomic mass is 35.5. The molecule has 2 heterocycles. The van der Waals surface area contributed by atoms with Crippen LogP contribution in [-0.4, -0.2) is 57.3 Å². The van der Waals surface area contributed by atoms with Gasteiger partial charge in [-0.05, 0) is 70.3 Å². The molecule has 0 amide bonds. The first-order valence-corrected chi connectivity index (χ1v) is 12.3. The number of rotatable bonds is 8. The summed E-state index contributed by atoms with van der Waals surface area (Å²) in [5, 5.41) is 17.7. The summed E-state index contributed by atoms with van der Waals surface area (Å²) in [4.78, 5) is 25.4. The molecule has 1 aromatic heterocycles. The number of unbranched alkanes of at least 4 members (excludes halogenated alkanes) is 2. The third-order valence-electron chi connectivity index (χ3n) is 4.53. The Kier molecular flexibility index (Phi) is 11.9. The van der Waals surface area contributed by atoms with E-state index in [1.807, 2.05) is 13.0 Å². The summed E-state index contributed by atoms with van der Waals surface area (Å²) < 4.78 is 6.27. The van der Waals surface area contributed by atoms with Crippen LogP contribution in [0.25, 0.3) is 5.69 Å². The Morgan fingerprint density at radius 2 is 1.91 bits per heavy atom. The molecule has 0 aliphatic carbocycles. The quantitative estimate of drug-likeness (QED) is 0.234. The molecule has 0 atom stereocenters. The zero-order valence-corrected chi connectivity index (χ0v) is 20.3. The average Bonchev–Trinajstić information content (AvgIpc) is 3.16. The zero-order chi connectivity index (χ0) is 23.3. The second-order valence-electron chi connectivity index (χ2n) is 7.11. The smallest absolute Gasteiger partial charge is 0.417 e. The van der Waals surface area contributed by atoms with Crippen molar-refractivity contribution in [3.63, 3.8) is 0 Å². The molecule has 32 heavy (non-hydrogen) atoms. The second-order valence-corrected chi connectivity index (χ2v) is 8.99. The van der Waals surface area contributed by atoms with Crippen molar-refractivity contribution in [3.8, 4) is 5.69 Å². The van der Waals surface area contributed by atoms with Gasteiger partial charge < -0.3 is 15.2 Å². The number of ether oxygens (including phenoxy) is 1. The standard InChI is InChI=1S/C16H17Cl2N3O4S.C5H11N/c1-10-19-16(20-21(10)11-5-6-12(17)13(18)9-11)26-8-4-2-3-7-25-15(24)14(22)23;1-2-4-6-5-3-1/h5-6,9H,2-4,7-8H2,1H3,(H,22,23);6H,1-5H2. The first-order valence-electron chi connectivity index (χ1n) is 10.5. The van der Waals surface area contributed by atoms with Crippen LogP contribution in [0.5, 0.6) is 0 Å². The van der Waals surface area contributed by atoms with Crippen LogP contribution in [0.4, 0.5) is 0 Å². The van der Waals surface area contributed by atoms with Gasteiger partial charge in [-0.25, -0.2) is 19.3 Å². The molecule has 1 saturated heterocycles. The molecule has 0 bridgehead atoms. The lowest BCUT2D eigenvalue weighted by Gasteiger charge is -2.08. The average molecular weight is 503 g/mol. The first kappa shape index (κ1) is 26.4. The van der Waals surface area contributed by atoms with E-state index in [2.05, 4.69) is 20.1 Å². The van der Waals surface area contributed by atoms with E-state index < -0.39 is 11.9 Å². The largest absolute Gasteiger partial charge is 0.473 e. The molecule has 0 spiro atoms.